The van der Waals surface area contributed by atoms with Crippen LogP contribution in [0.15, 0.2) is 30.4 Å². The summed E-state index contributed by atoms with van der Waals surface area (Å²) >= 11 is 5.60. The predicted octanol–water partition coefficient (Wildman–Crippen LogP) is 2.93. The monoisotopic (exact) mass is 323 g/mol. The summed E-state index contributed by atoms with van der Waals surface area (Å²) in [5.74, 6) is -1.83. The molecule has 116 valence electrons. The number of hydrogen-bond acceptors (Lipinski definition) is 2. The minimum Gasteiger partial charge on any atom is -0.479 e. The average molecular weight is 324 g/mol. The normalized spacial score (nSPS) is 26.9. The second kappa shape index (κ2) is 5.72. The van der Waals surface area contributed by atoms with E-state index in [2.05, 4.69) is 11.4 Å². The zero-order valence-electron chi connectivity index (χ0n) is 11.6. The van der Waals surface area contributed by atoms with Gasteiger partial charge in [-0.15, -0.1) is 0 Å². The molecule has 0 heterocycles. The van der Waals surface area contributed by atoms with Gasteiger partial charge in [0.15, 0.2) is 6.04 Å². The summed E-state index contributed by atoms with van der Waals surface area (Å²) in [7, 11) is 0. The fraction of sp³-hybridized carbons (Fsp3) is 0.375. The van der Waals surface area contributed by atoms with Crippen LogP contribution in [0.4, 0.5) is 4.39 Å². The van der Waals surface area contributed by atoms with Crippen molar-refractivity contribution in [3.05, 3.63) is 46.8 Å². The first-order valence-electron chi connectivity index (χ1n) is 7.12. The van der Waals surface area contributed by atoms with Gasteiger partial charge in [-0.3, -0.25) is 4.79 Å². The summed E-state index contributed by atoms with van der Waals surface area (Å²) in [5.41, 5.74) is 0.168. The Morgan fingerprint density at radius 3 is 2.64 bits per heavy atom. The van der Waals surface area contributed by atoms with Gasteiger partial charge in [0.2, 0.25) is 5.91 Å². The summed E-state index contributed by atoms with van der Waals surface area (Å²) in [6, 6.07) is 2.46. The van der Waals surface area contributed by atoms with Gasteiger partial charge >= 0.3 is 5.97 Å². The Hall–Kier alpha value is -1.88. The molecule has 2 N–H and O–H groups in total. The third kappa shape index (κ3) is 2.73. The van der Waals surface area contributed by atoms with E-state index >= 15 is 0 Å². The van der Waals surface area contributed by atoms with Crippen molar-refractivity contribution in [3.63, 3.8) is 0 Å². The van der Waals surface area contributed by atoms with E-state index in [1.807, 2.05) is 6.08 Å². The quantitative estimate of drug-likeness (QED) is 0.837. The lowest BCUT2D eigenvalue weighted by atomic mass is 9.92. The van der Waals surface area contributed by atoms with Gasteiger partial charge < -0.3 is 10.4 Å². The van der Waals surface area contributed by atoms with E-state index in [1.165, 1.54) is 12.1 Å². The Bertz CT molecular complexity index is 661. The van der Waals surface area contributed by atoms with Gasteiger partial charge in [0.25, 0.3) is 0 Å². The summed E-state index contributed by atoms with van der Waals surface area (Å²) in [5, 5.41) is 11.8. The molecule has 3 rings (SSSR count). The number of carbonyl (C=O) groups is 2. The Labute approximate surface area is 132 Å². The van der Waals surface area contributed by atoms with Crippen LogP contribution in [0.2, 0.25) is 5.02 Å². The fourth-order valence-corrected chi connectivity index (χ4v) is 3.43. The molecule has 4 nitrogen and oxygen atoms in total. The van der Waals surface area contributed by atoms with E-state index in [-0.39, 0.29) is 28.3 Å². The Morgan fingerprint density at radius 1 is 1.32 bits per heavy atom. The van der Waals surface area contributed by atoms with Crippen LogP contribution in [0, 0.1) is 23.6 Å². The van der Waals surface area contributed by atoms with Crippen molar-refractivity contribution in [3.8, 4) is 0 Å². The van der Waals surface area contributed by atoms with E-state index in [9.17, 15) is 19.1 Å². The minimum absolute atomic E-state index is 0.0857. The number of hydrogen-bond donors (Lipinski definition) is 2. The number of carboxylic acids is 1. The molecule has 4 atom stereocenters. The minimum atomic E-state index is -1.28. The van der Waals surface area contributed by atoms with E-state index in [1.54, 1.807) is 0 Å². The molecule has 1 aromatic carbocycles. The molecule has 1 amide bonds. The van der Waals surface area contributed by atoms with Gasteiger partial charge in [-0.25, -0.2) is 9.18 Å². The zero-order chi connectivity index (χ0) is 15.9. The van der Waals surface area contributed by atoms with Crippen LogP contribution < -0.4 is 5.32 Å². The van der Waals surface area contributed by atoms with Gasteiger partial charge in [0, 0.05) is 5.92 Å². The first-order chi connectivity index (χ1) is 10.5. The molecule has 6 heteroatoms. The van der Waals surface area contributed by atoms with Gasteiger partial charge in [-0.2, -0.15) is 0 Å². The lowest BCUT2D eigenvalue weighted by molar-refractivity contribution is -0.142. The molecule has 0 unspecified atom stereocenters. The number of halogens is 2. The maximum absolute atomic E-state index is 13.5. The molecule has 2 aliphatic carbocycles. The Kier molecular flexibility index (Phi) is 3.91. The molecule has 1 fully saturated rings. The van der Waals surface area contributed by atoms with Crippen molar-refractivity contribution in [1.82, 2.24) is 5.32 Å². The van der Waals surface area contributed by atoms with Crippen molar-refractivity contribution < 1.29 is 19.1 Å². The molecule has 2 bridgehead atoms. The molecule has 0 saturated heterocycles. The molecule has 22 heavy (non-hydrogen) atoms. The van der Waals surface area contributed by atoms with Crippen molar-refractivity contribution in [1.29, 1.82) is 0 Å². The number of amides is 1. The van der Waals surface area contributed by atoms with Gasteiger partial charge in [0.1, 0.15) is 5.82 Å². The second-order valence-electron chi connectivity index (χ2n) is 5.84. The van der Waals surface area contributed by atoms with Crippen LogP contribution in [-0.4, -0.2) is 17.0 Å². The number of aliphatic carboxylic acids is 1. The average Bonchev–Trinajstić information content (AvgIpc) is 3.10. The number of nitrogens with one attached hydrogen (secondary N) is 1. The van der Waals surface area contributed by atoms with Crippen LogP contribution in [0.5, 0.6) is 0 Å². The smallest absolute Gasteiger partial charge is 0.330 e. The summed E-state index contributed by atoms with van der Waals surface area (Å²) < 4.78 is 13.5. The highest BCUT2D eigenvalue weighted by Crippen LogP contribution is 2.43. The number of benzene rings is 1. The molecule has 0 radical (unpaired) electrons. The lowest BCUT2D eigenvalue weighted by Gasteiger charge is -2.21. The largest absolute Gasteiger partial charge is 0.479 e. The predicted molar refractivity (Wildman–Crippen MR) is 78.8 cm³/mol. The SMILES string of the molecule is O=C(O)[C@H](NC(=O)[C@@H]1C[C@H]2C=C[C@H]1C2)c1ccc(Cl)c(F)c1. The van der Waals surface area contributed by atoms with Crippen LogP contribution in [-0.2, 0) is 9.59 Å². The molecule has 1 aromatic rings. The molecule has 0 aromatic heterocycles. The van der Waals surface area contributed by atoms with Crippen LogP contribution in [0.1, 0.15) is 24.4 Å². The van der Waals surface area contributed by atoms with Crippen LogP contribution >= 0.6 is 11.6 Å². The van der Waals surface area contributed by atoms with Crippen molar-refractivity contribution in [2.75, 3.05) is 0 Å². The topological polar surface area (TPSA) is 66.4 Å². The fourth-order valence-electron chi connectivity index (χ4n) is 3.31. The van der Waals surface area contributed by atoms with Crippen molar-refractivity contribution >= 4 is 23.5 Å². The van der Waals surface area contributed by atoms with Crippen LogP contribution in [0.25, 0.3) is 0 Å². The molecule has 1 saturated carbocycles. The number of rotatable bonds is 4. The summed E-state index contributed by atoms with van der Waals surface area (Å²) in [6.07, 6.45) is 5.83. The number of carbonyl (C=O) groups excluding carboxylic acids is 1. The van der Waals surface area contributed by atoms with Crippen LogP contribution in [0.3, 0.4) is 0 Å². The maximum Gasteiger partial charge on any atom is 0.330 e. The van der Waals surface area contributed by atoms with E-state index in [4.69, 9.17) is 11.6 Å². The van der Waals surface area contributed by atoms with Gasteiger partial charge in [-0.1, -0.05) is 29.8 Å². The van der Waals surface area contributed by atoms with Crippen molar-refractivity contribution in [2.24, 2.45) is 17.8 Å². The molecule has 0 spiro atoms. The first kappa shape index (κ1) is 15.0. The van der Waals surface area contributed by atoms with Crippen molar-refractivity contribution in [2.45, 2.75) is 18.9 Å². The third-order valence-electron chi connectivity index (χ3n) is 4.43. The van der Waals surface area contributed by atoms with Gasteiger partial charge in [0.05, 0.1) is 5.02 Å². The molecule has 0 aliphatic heterocycles. The Balaban J connectivity index is 1.77. The lowest BCUT2D eigenvalue weighted by Crippen LogP contribution is -2.39. The highest BCUT2D eigenvalue weighted by molar-refractivity contribution is 6.30. The standard InChI is InChI=1S/C16H15ClFNO3/c17-12-4-3-10(7-13(12)18)14(16(21)22)19-15(20)11-6-8-1-2-9(11)5-8/h1-4,7-9,11,14H,5-6H2,(H,19,20)(H,21,22)/t8-,9-,11+,14+/m0/s1. The number of allylic oxidation sites excluding steroid dienone is 2. The van der Waals surface area contributed by atoms with E-state index < -0.39 is 17.8 Å². The molecular formula is C16H15ClFNO3. The maximum atomic E-state index is 13.5. The Morgan fingerprint density at radius 2 is 2.09 bits per heavy atom. The van der Waals surface area contributed by atoms with E-state index in [0.29, 0.717) is 5.92 Å². The first-order valence-corrected chi connectivity index (χ1v) is 7.50. The van der Waals surface area contributed by atoms with E-state index in [0.717, 1.165) is 18.9 Å². The summed E-state index contributed by atoms with van der Waals surface area (Å²) in [4.78, 5) is 23.8. The molecular weight excluding hydrogens is 309 g/mol. The number of fused-ring (bicyclic) bond motifs is 2. The number of carboxylic acid groups (broad SMARTS) is 1. The molecule has 2 aliphatic rings. The third-order valence-corrected chi connectivity index (χ3v) is 4.73. The highest BCUT2D eigenvalue weighted by atomic mass is 35.5. The highest BCUT2D eigenvalue weighted by Gasteiger charge is 2.40. The van der Waals surface area contributed by atoms with Gasteiger partial charge in [-0.05, 0) is 42.4 Å². The second-order valence-corrected chi connectivity index (χ2v) is 6.25. The summed E-state index contributed by atoms with van der Waals surface area (Å²) in [6.45, 7) is 0. The zero-order valence-corrected chi connectivity index (χ0v) is 12.4.